The van der Waals surface area contributed by atoms with E-state index < -0.39 is 5.91 Å². The van der Waals surface area contributed by atoms with Crippen LogP contribution in [-0.4, -0.2) is 23.8 Å². The van der Waals surface area contributed by atoms with Crippen LogP contribution in [0, 0.1) is 0 Å². The van der Waals surface area contributed by atoms with Crippen LogP contribution in [0.5, 0.6) is 11.5 Å². The van der Waals surface area contributed by atoms with Crippen molar-refractivity contribution in [1.29, 1.82) is 0 Å². The lowest BCUT2D eigenvalue weighted by atomic mass is 9.99. The monoisotopic (exact) mass is 438 g/mol. The van der Waals surface area contributed by atoms with E-state index in [9.17, 15) is 9.90 Å². The Morgan fingerprint density at radius 3 is 2.73 bits per heavy atom. The number of nitrogens with zero attached hydrogens (tertiary/aromatic N) is 1. The fourth-order valence-corrected chi connectivity index (χ4v) is 3.00. The molecule has 7 heteroatoms. The summed E-state index contributed by atoms with van der Waals surface area (Å²) in [5.41, 5.74) is 3.96. The molecule has 0 aliphatic rings. The predicted octanol–water partition coefficient (Wildman–Crippen LogP) is 4.85. The van der Waals surface area contributed by atoms with Gasteiger partial charge in [-0.3, -0.25) is 4.79 Å². The molecule has 0 unspecified atom stereocenters. The van der Waals surface area contributed by atoms with Gasteiger partial charge in [0.05, 0.1) is 11.2 Å². The minimum atomic E-state index is -0.409. The molecule has 0 saturated heterocycles. The van der Waals surface area contributed by atoms with E-state index >= 15 is 0 Å². The van der Waals surface area contributed by atoms with Crippen LogP contribution in [-0.2, 0) is 4.79 Å². The number of aromatic hydroxyl groups is 1. The van der Waals surface area contributed by atoms with Crippen LogP contribution in [0.2, 0.25) is 5.02 Å². The van der Waals surface area contributed by atoms with Crippen molar-refractivity contribution in [2.24, 2.45) is 5.10 Å². The number of ether oxygens (including phenoxy) is 1. The fourth-order valence-electron chi connectivity index (χ4n) is 2.17. The number of amides is 1. The van der Waals surface area contributed by atoms with Gasteiger partial charge in [-0.25, -0.2) is 5.43 Å². The van der Waals surface area contributed by atoms with E-state index in [0.29, 0.717) is 21.7 Å². The number of hydrogen-bond donors (Lipinski definition) is 2. The van der Waals surface area contributed by atoms with Crippen molar-refractivity contribution in [2.75, 3.05) is 6.61 Å². The van der Waals surface area contributed by atoms with E-state index in [-0.39, 0.29) is 17.4 Å². The van der Waals surface area contributed by atoms with Gasteiger partial charge in [0.2, 0.25) is 0 Å². The Morgan fingerprint density at radius 1 is 1.38 bits per heavy atom. The van der Waals surface area contributed by atoms with Gasteiger partial charge < -0.3 is 9.84 Å². The van der Waals surface area contributed by atoms with Gasteiger partial charge in [-0.2, -0.15) is 5.10 Å². The SMILES string of the molecule is CC[C@H](C)c1ccc(OCC(=O)N/N=C/c2cc(Br)cc(Cl)c2O)cc1. The van der Waals surface area contributed by atoms with Gasteiger partial charge in [-0.05, 0) is 42.2 Å². The third-order valence-electron chi connectivity index (χ3n) is 3.88. The van der Waals surface area contributed by atoms with E-state index in [1.54, 1.807) is 12.1 Å². The van der Waals surface area contributed by atoms with E-state index in [1.165, 1.54) is 11.8 Å². The van der Waals surface area contributed by atoms with Crippen LogP contribution < -0.4 is 10.2 Å². The second kappa shape index (κ2) is 9.59. The zero-order valence-corrected chi connectivity index (χ0v) is 16.8. The third-order valence-corrected chi connectivity index (χ3v) is 4.63. The van der Waals surface area contributed by atoms with Crippen molar-refractivity contribution >= 4 is 39.7 Å². The lowest BCUT2D eigenvalue weighted by Gasteiger charge is -2.10. The van der Waals surface area contributed by atoms with Gasteiger partial charge in [-0.15, -0.1) is 0 Å². The zero-order chi connectivity index (χ0) is 19.1. The Hall–Kier alpha value is -2.05. The fraction of sp³-hybridized carbons (Fsp3) is 0.263. The number of carbonyl (C=O) groups is 1. The Kier molecular flexibility index (Phi) is 7.48. The molecule has 0 aliphatic carbocycles. The summed E-state index contributed by atoms with van der Waals surface area (Å²) in [6.07, 6.45) is 2.38. The molecule has 0 bridgehead atoms. The summed E-state index contributed by atoms with van der Waals surface area (Å²) in [5, 5.41) is 13.8. The molecule has 0 aliphatic heterocycles. The average Bonchev–Trinajstić information content (AvgIpc) is 2.63. The quantitative estimate of drug-likeness (QED) is 0.478. The van der Waals surface area contributed by atoms with Gasteiger partial charge in [0.1, 0.15) is 11.5 Å². The van der Waals surface area contributed by atoms with Crippen molar-refractivity contribution in [3.05, 3.63) is 57.0 Å². The molecule has 0 saturated carbocycles. The number of hydrazone groups is 1. The van der Waals surface area contributed by atoms with Gasteiger partial charge in [0, 0.05) is 10.0 Å². The molecule has 0 aromatic heterocycles. The summed E-state index contributed by atoms with van der Waals surface area (Å²) in [4.78, 5) is 11.8. The standard InChI is InChI=1S/C19H20BrClN2O3/c1-3-12(2)13-4-6-16(7-5-13)26-11-18(24)23-22-10-14-8-15(20)9-17(21)19(14)25/h4-10,12,25H,3,11H2,1-2H3,(H,23,24)/b22-10+/t12-/m0/s1. The Bertz CT molecular complexity index is 794. The van der Waals surface area contributed by atoms with Crippen molar-refractivity contribution in [3.63, 3.8) is 0 Å². The van der Waals surface area contributed by atoms with Crippen molar-refractivity contribution in [1.82, 2.24) is 5.43 Å². The maximum atomic E-state index is 11.8. The van der Waals surface area contributed by atoms with Gasteiger partial charge in [-0.1, -0.05) is 53.5 Å². The summed E-state index contributed by atoms with van der Waals surface area (Å²) < 4.78 is 6.13. The normalized spacial score (nSPS) is 12.2. The molecule has 0 fully saturated rings. The number of phenols is 1. The smallest absolute Gasteiger partial charge is 0.277 e. The molecule has 0 radical (unpaired) electrons. The highest BCUT2D eigenvalue weighted by molar-refractivity contribution is 9.10. The van der Waals surface area contributed by atoms with Crippen LogP contribution in [0.4, 0.5) is 0 Å². The second-order valence-electron chi connectivity index (χ2n) is 5.79. The highest BCUT2D eigenvalue weighted by Crippen LogP contribution is 2.30. The molecule has 1 atom stereocenters. The molecule has 138 valence electrons. The number of rotatable bonds is 7. The maximum Gasteiger partial charge on any atom is 0.277 e. The first-order valence-corrected chi connectivity index (χ1v) is 9.30. The maximum absolute atomic E-state index is 11.8. The predicted molar refractivity (Wildman–Crippen MR) is 107 cm³/mol. The Balaban J connectivity index is 1.86. The molecule has 5 nitrogen and oxygen atoms in total. The lowest BCUT2D eigenvalue weighted by molar-refractivity contribution is -0.123. The Morgan fingerprint density at radius 2 is 2.08 bits per heavy atom. The number of carbonyl (C=O) groups excluding carboxylic acids is 1. The van der Waals surface area contributed by atoms with E-state index in [1.807, 2.05) is 24.3 Å². The number of hydrogen-bond acceptors (Lipinski definition) is 4. The van der Waals surface area contributed by atoms with Crippen LogP contribution >= 0.6 is 27.5 Å². The van der Waals surface area contributed by atoms with Crippen molar-refractivity contribution in [2.45, 2.75) is 26.2 Å². The first kappa shape index (κ1) is 20.3. The molecule has 2 aromatic carbocycles. The highest BCUT2D eigenvalue weighted by Gasteiger charge is 2.07. The van der Waals surface area contributed by atoms with E-state index in [4.69, 9.17) is 16.3 Å². The minimum absolute atomic E-state index is 0.106. The van der Waals surface area contributed by atoms with E-state index in [0.717, 1.165) is 6.42 Å². The number of halogens is 2. The third kappa shape index (κ3) is 5.75. The molecule has 2 rings (SSSR count). The summed E-state index contributed by atoms with van der Waals surface area (Å²) in [6, 6.07) is 10.9. The molecule has 26 heavy (non-hydrogen) atoms. The van der Waals surface area contributed by atoms with Crippen molar-refractivity contribution in [3.8, 4) is 11.5 Å². The summed E-state index contributed by atoms with van der Waals surface area (Å²) in [7, 11) is 0. The summed E-state index contributed by atoms with van der Waals surface area (Å²) in [6.45, 7) is 4.14. The van der Waals surface area contributed by atoms with Crippen LogP contribution in [0.15, 0.2) is 46.0 Å². The summed E-state index contributed by atoms with van der Waals surface area (Å²) >= 11 is 9.14. The number of phenolic OH excluding ortho intramolecular Hbond substituents is 1. The first-order chi connectivity index (χ1) is 12.4. The van der Waals surface area contributed by atoms with Crippen LogP contribution in [0.25, 0.3) is 0 Å². The molecule has 0 spiro atoms. The van der Waals surface area contributed by atoms with E-state index in [2.05, 4.69) is 40.3 Å². The lowest BCUT2D eigenvalue weighted by Crippen LogP contribution is -2.24. The molecule has 2 aromatic rings. The largest absolute Gasteiger partial charge is 0.506 e. The van der Waals surface area contributed by atoms with Gasteiger partial charge >= 0.3 is 0 Å². The molecule has 0 heterocycles. The zero-order valence-electron chi connectivity index (χ0n) is 14.5. The van der Waals surface area contributed by atoms with Gasteiger partial charge in [0.15, 0.2) is 6.61 Å². The number of benzene rings is 2. The molecule has 2 N–H and O–H groups in total. The summed E-state index contributed by atoms with van der Waals surface area (Å²) in [5.74, 6) is 0.593. The first-order valence-electron chi connectivity index (χ1n) is 8.13. The molecule has 1 amide bonds. The highest BCUT2D eigenvalue weighted by atomic mass is 79.9. The minimum Gasteiger partial charge on any atom is -0.506 e. The Labute approximate surface area is 166 Å². The second-order valence-corrected chi connectivity index (χ2v) is 7.11. The molecular weight excluding hydrogens is 420 g/mol. The van der Waals surface area contributed by atoms with Crippen LogP contribution in [0.1, 0.15) is 37.3 Å². The number of nitrogens with one attached hydrogen (secondary N) is 1. The van der Waals surface area contributed by atoms with Crippen molar-refractivity contribution < 1.29 is 14.6 Å². The molecular formula is C19H20BrClN2O3. The topological polar surface area (TPSA) is 70.9 Å². The van der Waals surface area contributed by atoms with Crippen LogP contribution in [0.3, 0.4) is 0 Å². The van der Waals surface area contributed by atoms with Gasteiger partial charge in [0.25, 0.3) is 5.91 Å². The average molecular weight is 440 g/mol.